The van der Waals surface area contributed by atoms with E-state index in [1.165, 1.54) is 49.8 Å². The fraction of sp³-hybridized carbons (Fsp3) is 0.229. The molecule has 13 heteroatoms. The van der Waals surface area contributed by atoms with Crippen LogP contribution < -0.4 is 20.7 Å². The number of carbonyl (C=O) groups is 2. The Bertz CT molecular complexity index is 1980. The molecule has 246 valence electrons. The second-order valence-electron chi connectivity index (χ2n) is 11.8. The number of carbonyl (C=O) groups excluding carboxylic acids is 2. The van der Waals surface area contributed by atoms with Crippen LogP contribution >= 0.6 is 0 Å². The summed E-state index contributed by atoms with van der Waals surface area (Å²) in [6.45, 7) is 1.82. The predicted octanol–water partition coefficient (Wildman–Crippen LogP) is 6.52. The highest BCUT2D eigenvalue weighted by molar-refractivity contribution is 7.92. The first-order chi connectivity index (χ1) is 23.2. The Balaban J connectivity index is 1.21. The van der Waals surface area contributed by atoms with Gasteiger partial charge in [0, 0.05) is 11.3 Å². The average molecular weight is 665 g/mol. The molecule has 1 aromatic heterocycles. The van der Waals surface area contributed by atoms with Gasteiger partial charge in [-0.25, -0.2) is 13.2 Å². The molecule has 0 aliphatic heterocycles. The largest absolute Gasteiger partial charge is 0.327 e. The van der Waals surface area contributed by atoms with Gasteiger partial charge in [-0.05, 0) is 89.5 Å². The third-order valence-corrected chi connectivity index (χ3v) is 9.85. The lowest BCUT2D eigenvalue weighted by atomic mass is 9.83. The number of hydrogen-bond acceptors (Lipinski definition) is 7. The molecular weight excluding hydrogens is 629 g/mol. The standard InChI is InChI=1S/C35H36N8O4S/c1-23-8-5-6-13-31(23)41-48(46,47)30-12-7-11-29(22-30)36-35(45)37-32(26-16-14-25(15-17-26)24-9-3-2-4-10-24)27-18-20-28(21-19-27)33(44)38-34-39-42-43-40-34/h5-8,11-22,24,32,41H,2-4,9-10H2,1H3,(H2,36,37,45)(H2,38,39,40,42,43,44). The van der Waals surface area contributed by atoms with Crippen LogP contribution in [0.3, 0.4) is 0 Å². The van der Waals surface area contributed by atoms with E-state index in [-0.39, 0.29) is 10.8 Å². The van der Waals surface area contributed by atoms with Crippen molar-refractivity contribution in [2.24, 2.45) is 0 Å². The molecule has 0 saturated heterocycles. The van der Waals surface area contributed by atoms with Crippen LogP contribution in [0.4, 0.5) is 22.1 Å². The van der Waals surface area contributed by atoms with Crippen LogP contribution in [0.2, 0.25) is 0 Å². The fourth-order valence-electron chi connectivity index (χ4n) is 5.90. The number of tetrazole rings is 1. The van der Waals surface area contributed by atoms with Gasteiger partial charge in [-0.2, -0.15) is 5.21 Å². The maximum Gasteiger partial charge on any atom is 0.319 e. The number of para-hydroxylation sites is 1. The van der Waals surface area contributed by atoms with E-state index in [2.05, 4.69) is 53.4 Å². The summed E-state index contributed by atoms with van der Waals surface area (Å²) < 4.78 is 28.9. The van der Waals surface area contributed by atoms with E-state index in [0.29, 0.717) is 22.9 Å². The van der Waals surface area contributed by atoms with Gasteiger partial charge in [0.1, 0.15) is 0 Å². The number of rotatable bonds is 10. The van der Waals surface area contributed by atoms with Gasteiger partial charge >= 0.3 is 6.03 Å². The minimum Gasteiger partial charge on any atom is -0.327 e. The quantitative estimate of drug-likeness (QED) is 0.113. The summed E-state index contributed by atoms with van der Waals surface area (Å²) in [5, 5.41) is 21.6. The Morgan fingerprint density at radius 2 is 1.54 bits per heavy atom. The minimum absolute atomic E-state index is 0.00749. The molecule has 6 rings (SSSR count). The van der Waals surface area contributed by atoms with Crippen LogP contribution in [0, 0.1) is 6.92 Å². The van der Waals surface area contributed by atoms with Crippen LogP contribution in [0.25, 0.3) is 0 Å². The van der Waals surface area contributed by atoms with Gasteiger partial charge in [0.25, 0.3) is 21.9 Å². The molecule has 1 atom stereocenters. The van der Waals surface area contributed by atoms with Crippen LogP contribution in [-0.2, 0) is 10.0 Å². The number of aromatic nitrogens is 4. The first kappa shape index (κ1) is 32.4. The fourth-order valence-corrected chi connectivity index (χ4v) is 7.08. The molecule has 1 fully saturated rings. The van der Waals surface area contributed by atoms with Crippen molar-refractivity contribution in [2.75, 3.05) is 15.4 Å². The van der Waals surface area contributed by atoms with Crippen molar-refractivity contribution in [3.05, 3.63) is 125 Å². The van der Waals surface area contributed by atoms with Crippen molar-refractivity contribution in [1.29, 1.82) is 0 Å². The zero-order valence-electron chi connectivity index (χ0n) is 26.3. The lowest BCUT2D eigenvalue weighted by Gasteiger charge is -2.24. The number of anilines is 3. The Morgan fingerprint density at radius 1 is 0.833 bits per heavy atom. The average Bonchev–Trinajstić information content (AvgIpc) is 3.62. The number of aryl methyl sites for hydroxylation is 1. The summed E-state index contributed by atoms with van der Waals surface area (Å²) >= 11 is 0. The Kier molecular flexibility index (Phi) is 9.76. The monoisotopic (exact) mass is 664 g/mol. The van der Waals surface area contributed by atoms with Crippen molar-refractivity contribution < 1.29 is 18.0 Å². The number of sulfonamides is 1. The summed E-state index contributed by atoms with van der Waals surface area (Å²) in [4.78, 5) is 26.2. The van der Waals surface area contributed by atoms with Crippen LogP contribution in [0.15, 0.2) is 102 Å². The smallest absolute Gasteiger partial charge is 0.319 e. The lowest BCUT2D eigenvalue weighted by Crippen LogP contribution is -2.33. The number of amides is 3. The SMILES string of the molecule is Cc1ccccc1NS(=O)(=O)c1cccc(NC(=O)NC(c2ccc(C(=O)Nc3nn[nH]n3)cc2)c2ccc(C3CCCCC3)cc2)c1. The number of nitrogens with zero attached hydrogens (tertiary/aromatic N) is 3. The van der Waals surface area contributed by atoms with Gasteiger partial charge in [-0.15, -0.1) is 5.10 Å². The molecule has 48 heavy (non-hydrogen) atoms. The minimum atomic E-state index is -3.91. The number of nitrogens with one attached hydrogen (secondary N) is 5. The highest BCUT2D eigenvalue weighted by atomic mass is 32.2. The van der Waals surface area contributed by atoms with Gasteiger partial charge in [-0.1, -0.05) is 85.0 Å². The summed E-state index contributed by atoms with van der Waals surface area (Å²) in [5.74, 6) is 0.179. The van der Waals surface area contributed by atoms with Crippen molar-refractivity contribution in [3.63, 3.8) is 0 Å². The van der Waals surface area contributed by atoms with Crippen molar-refractivity contribution >= 4 is 39.3 Å². The summed E-state index contributed by atoms with van der Waals surface area (Å²) in [7, 11) is -3.91. The molecule has 1 aliphatic carbocycles. The molecule has 1 saturated carbocycles. The topological polar surface area (TPSA) is 171 Å². The van der Waals surface area contributed by atoms with E-state index in [4.69, 9.17) is 0 Å². The molecule has 0 spiro atoms. The molecule has 4 aromatic carbocycles. The molecule has 12 nitrogen and oxygen atoms in total. The lowest BCUT2D eigenvalue weighted by molar-refractivity contribution is 0.102. The van der Waals surface area contributed by atoms with Crippen LogP contribution in [-0.4, -0.2) is 41.0 Å². The molecule has 0 radical (unpaired) electrons. The molecule has 1 heterocycles. The first-order valence-electron chi connectivity index (χ1n) is 15.8. The van der Waals surface area contributed by atoms with Crippen LogP contribution in [0.5, 0.6) is 0 Å². The van der Waals surface area contributed by atoms with E-state index >= 15 is 0 Å². The predicted molar refractivity (Wildman–Crippen MR) is 183 cm³/mol. The van der Waals surface area contributed by atoms with Gasteiger partial charge in [0.15, 0.2) is 0 Å². The maximum absolute atomic E-state index is 13.5. The number of aromatic amines is 1. The third kappa shape index (κ3) is 7.86. The second-order valence-corrected chi connectivity index (χ2v) is 13.5. The normalized spacial score (nSPS) is 14.1. The molecule has 0 bridgehead atoms. The number of H-pyrrole nitrogens is 1. The van der Waals surface area contributed by atoms with E-state index in [1.807, 2.05) is 31.2 Å². The van der Waals surface area contributed by atoms with Gasteiger partial charge in [-0.3, -0.25) is 14.8 Å². The maximum atomic E-state index is 13.5. The van der Waals surface area contributed by atoms with E-state index in [1.54, 1.807) is 48.5 Å². The van der Waals surface area contributed by atoms with E-state index < -0.39 is 28.0 Å². The van der Waals surface area contributed by atoms with Crippen molar-refractivity contribution in [1.82, 2.24) is 25.9 Å². The molecule has 5 N–H and O–H groups in total. The highest BCUT2D eigenvalue weighted by Gasteiger charge is 2.21. The third-order valence-electron chi connectivity index (χ3n) is 8.49. The number of urea groups is 1. The van der Waals surface area contributed by atoms with Crippen molar-refractivity contribution in [3.8, 4) is 0 Å². The van der Waals surface area contributed by atoms with Crippen molar-refractivity contribution in [2.45, 2.75) is 55.9 Å². The first-order valence-corrected chi connectivity index (χ1v) is 17.2. The molecule has 5 aromatic rings. The van der Waals surface area contributed by atoms with Crippen LogP contribution in [0.1, 0.15) is 76.7 Å². The van der Waals surface area contributed by atoms with Gasteiger partial charge in [0.05, 0.1) is 16.6 Å². The Hall–Kier alpha value is -5.56. The Labute approximate surface area is 278 Å². The summed E-state index contributed by atoms with van der Waals surface area (Å²) in [5.41, 5.74) is 4.82. The highest BCUT2D eigenvalue weighted by Crippen LogP contribution is 2.34. The second kappa shape index (κ2) is 14.5. The molecule has 1 unspecified atom stereocenters. The van der Waals surface area contributed by atoms with Gasteiger partial charge in [0.2, 0.25) is 0 Å². The summed E-state index contributed by atoms with van der Waals surface area (Å²) in [6, 6.07) is 27.2. The molecule has 1 aliphatic rings. The zero-order valence-corrected chi connectivity index (χ0v) is 27.1. The number of hydrogen-bond donors (Lipinski definition) is 5. The van der Waals surface area contributed by atoms with E-state index in [0.717, 1.165) is 16.7 Å². The molecular formula is C35H36N8O4S. The number of benzene rings is 4. The Morgan fingerprint density at radius 3 is 2.23 bits per heavy atom. The molecule has 3 amide bonds. The van der Waals surface area contributed by atoms with Gasteiger partial charge < -0.3 is 10.6 Å². The van der Waals surface area contributed by atoms with E-state index in [9.17, 15) is 18.0 Å². The summed E-state index contributed by atoms with van der Waals surface area (Å²) in [6.07, 6.45) is 6.08. The zero-order chi connectivity index (χ0) is 33.5.